The second kappa shape index (κ2) is 6.44. The van der Waals surface area contributed by atoms with Crippen molar-refractivity contribution in [2.75, 3.05) is 5.32 Å². The molecule has 0 spiro atoms. The van der Waals surface area contributed by atoms with Crippen molar-refractivity contribution < 1.29 is 9.59 Å². The number of carbonyl (C=O) groups is 2. The van der Waals surface area contributed by atoms with Crippen molar-refractivity contribution in [1.29, 1.82) is 0 Å². The molecule has 2 aromatic carbocycles. The van der Waals surface area contributed by atoms with Gasteiger partial charge >= 0.3 is 0 Å². The zero-order valence-electron chi connectivity index (χ0n) is 12.8. The first kappa shape index (κ1) is 15.0. The summed E-state index contributed by atoms with van der Waals surface area (Å²) in [6.45, 7) is 1.97. The van der Waals surface area contributed by atoms with Gasteiger partial charge in [0.15, 0.2) is 5.78 Å². The molecule has 1 amide bonds. The summed E-state index contributed by atoms with van der Waals surface area (Å²) >= 11 is 0. The zero-order chi connectivity index (χ0) is 16.2. The topological polar surface area (TPSA) is 74.8 Å². The van der Waals surface area contributed by atoms with Crippen LogP contribution in [0.3, 0.4) is 0 Å². The van der Waals surface area contributed by atoms with Crippen LogP contribution < -0.4 is 5.32 Å². The number of rotatable bonds is 5. The van der Waals surface area contributed by atoms with Crippen molar-refractivity contribution in [2.24, 2.45) is 0 Å². The number of amides is 1. The van der Waals surface area contributed by atoms with E-state index in [1.807, 2.05) is 37.3 Å². The van der Waals surface area contributed by atoms with Crippen LogP contribution in [0.25, 0.3) is 10.9 Å². The van der Waals surface area contributed by atoms with Gasteiger partial charge in [0.25, 0.3) is 0 Å². The molecule has 0 atom stereocenters. The average molecular weight is 307 g/mol. The van der Waals surface area contributed by atoms with Crippen LogP contribution in [0.1, 0.15) is 28.8 Å². The predicted octanol–water partition coefficient (Wildman–Crippen LogP) is 3.47. The van der Waals surface area contributed by atoms with Crippen molar-refractivity contribution in [3.05, 3.63) is 59.8 Å². The molecule has 5 nitrogen and oxygen atoms in total. The summed E-state index contributed by atoms with van der Waals surface area (Å²) < 4.78 is 0. The fourth-order valence-corrected chi connectivity index (χ4v) is 2.35. The fraction of sp³-hybridized carbons (Fsp3) is 0.167. The maximum Gasteiger partial charge on any atom is 0.224 e. The maximum atomic E-state index is 12.1. The Morgan fingerprint density at radius 2 is 1.87 bits per heavy atom. The Morgan fingerprint density at radius 1 is 1.09 bits per heavy atom. The molecule has 0 fully saturated rings. The SMILES string of the molecule is Cc1ccc(C(=O)CCC(=O)Nc2ccc3cn[nH]c3c2)cc1. The number of fused-ring (bicyclic) bond motifs is 1. The summed E-state index contributed by atoms with van der Waals surface area (Å²) in [5, 5.41) is 10.6. The predicted molar refractivity (Wildman–Crippen MR) is 89.5 cm³/mol. The smallest absolute Gasteiger partial charge is 0.224 e. The van der Waals surface area contributed by atoms with E-state index in [1.165, 1.54) is 0 Å². The lowest BCUT2D eigenvalue weighted by atomic mass is 10.0. The largest absolute Gasteiger partial charge is 0.326 e. The molecule has 0 unspecified atom stereocenters. The van der Waals surface area contributed by atoms with E-state index in [9.17, 15) is 9.59 Å². The fourth-order valence-electron chi connectivity index (χ4n) is 2.35. The average Bonchev–Trinajstić information content (AvgIpc) is 3.01. The number of anilines is 1. The minimum atomic E-state index is -0.177. The molecule has 3 rings (SSSR count). The summed E-state index contributed by atoms with van der Waals surface area (Å²) in [4.78, 5) is 24.0. The molecule has 0 radical (unpaired) electrons. The number of hydrogen-bond acceptors (Lipinski definition) is 3. The number of H-pyrrole nitrogens is 1. The monoisotopic (exact) mass is 307 g/mol. The molecule has 0 bridgehead atoms. The Hall–Kier alpha value is -2.95. The van der Waals surface area contributed by atoms with Gasteiger partial charge < -0.3 is 5.32 Å². The summed E-state index contributed by atoms with van der Waals surface area (Å²) in [5.41, 5.74) is 3.30. The Morgan fingerprint density at radius 3 is 2.65 bits per heavy atom. The number of benzene rings is 2. The van der Waals surface area contributed by atoms with Crippen LogP contribution in [0.2, 0.25) is 0 Å². The number of aromatic nitrogens is 2. The van der Waals surface area contributed by atoms with Crippen molar-refractivity contribution in [3.63, 3.8) is 0 Å². The molecule has 2 N–H and O–H groups in total. The third-order valence-electron chi connectivity index (χ3n) is 3.68. The molecule has 0 aliphatic rings. The summed E-state index contributed by atoms with van der Waals surface area (Å²) in [7, 11) is 0. The first-order valence-corrected chi connectivity index (χ1v) is 7.45. The van der Waals surface area contributed by atoms with E-state index < -0.39 is 0 Å². The van der Waals surface area contributed by atoms with Gasteiger partial charge in [0.1, 0.15) is 0 Å². The number of aromatic amines is 1. The van der Waals surface area contributed by atoms with Crippen LogP contribution in [0.5, 0.6) is 0 Å². The molecule has 0 saturated carbocycles. The van der Waals surface area contributed by atoms with E-state index in [-0.39, 0.29) is 24.5 Å². The van der Waals surface area contributed by atoms with Gasteiger partial charge in [0.2, 0.25) is 5.91 Å². The summed E-state index contributed by atoms with van der Waals surface area (Å²) in [6.07, 6.45) is 2.08. The Bertz CT molecular complexity index is 850. The Labute approximate surface area is 133 Å². The molecule has 0 aliphatic carbocycles. The van der Waals surface area contributed by atoms with Crippen molar-refractivity contribution >= 4 is 28.3 Å². The van der Waals surface area contributed by atoms with Gasteiger partial charge in [-0.05, 0) is 25.1 Å². The third-order valence-corrected chi connectivity index (χ3v) is 3.68. The van der Waals surface area contributed by atoms with E-state index in [4.69, 9.17) is 0 Å². The number of nitrogens with one attached hydrogen (secondary N) is 2. The second-order valence-electron chi connectivity index (χ2n) is 5.51. The highest BCUT2D eigenvalue weighted by Gasteiger charge is 2.10. The number of ketones is 1. The minimum Gasteiger partial charge on any atom is -0.326 e. The third kappa shape index (κ3) is 3.63. The maximum absolute atomic E-state index is 12.1. The molecule has 3 aromatic rings. The molecule has 0 aliphatic heterocycles. The van der Waals surface area contributed by atoms with Crippen LogP contribution in [0.15, 0.2) is 48.7 Å². The lowest BCUT2D eigenvalue weighted by Gasteiger charge is -2.05. The van der Waals surface area contributed by atoms with E-state index in [0.717, 1.165) is 16.5 Å². The van der Waals surface area contributed by atoms with Crippen LogP contribution >= 0.6 is 0 Å². The minimum absolute atomic E-state index is 0.0239. The van der Waals surface area contributed by atoms with Gasteiger partial charge in [-0.25, -0.2) is 0 Å². The number of aryl methyl sites for hydroxylation is 1. The normalized spacial score (nSPS) is 10.7. The van der Waals surface area contributed by atoms with Crippen molar-refractivity contribution in [1.82, 2.24) is 10.2 Å². The molecule has 116 valence electrons. The van der Waals surface area contributed by atoms with Crippen LogP contribution in [0, 0.1) is 6.92 Å². The molecule has 0 saturated heterocycles. The highest BCUT2D eigenvalue weighted by molar-refractivity contribution is 6.00. The quantitative estimate of drug-likeness (QED) is 0.709. The Balaban J connectivity index is 1.56. The lowest BCUT2D eigenvalue weighted by molar-refractivity contribution is -0.116. The molecule has 1 aromatic heterocycles. The molecule has 1 heterocycles. The van der Waals surface area contributed by atoms with Gasteiger partial charge in [-0.2, -0.15) is 5.10 Å². The second-order valence-corrected chi connectivity index (χ2v) is 5.51. The van der Waals surface area contributed by atoms with Gasteiger partial charge in [0, 0.05) is 29.5 Å². The molecular weight excluding hydrogens is 290 g/mol. The zero-order valence-corrected chi connectivity index (χ0v) is 12.8. The van der Waals surface area contributed by atoms with Crippen LogP contribution in [0.4, 0.5) is 5.69 Å². The number of nitrogens with zero attached hydrogens (tertiary/aromatic N) is 1. The molecule has 5 heteroatoms. The van der Waals surface area contributed by atoms with E-state index in [1.54, 1.807) is 18.3 Å². The first-order chi connectivity index (χ1) is 11.1. The highest BCUT2D eigenvalue weighted by atomic mass is 16.2. The first-order valence-electron chi connectivity index (χ1n) is 7.45. The molecular formula is C18H17N3O2. The van der Waals surface area contributed by atoms with E-state index in [0.29, 0.717) is 11.3 Å². The van der Waals surface area contributed by atoms with Crippen LogP contribution in [-0.4, -0.2) is 21.9 Å². The summed E-state index contributed by atoms with van der Waals surface area (Å²) in [5.74, 6) is -0.200. The van der Waals surface area contributed by atoms with Crippen LogP contribution in [-0.2, 0) is 4.79 Å². The van der Waals surface area contributed by atoms with E-state index >= 15 is 0 Å². The lowest BCUT2D eigenvalue weighted by Crippen LogP contribution is -2.13. The number of carbonyl (C=O) groups excluding carboxylic acids is 2. The van der Waals surface area contributed by atoms with E-state index in [2.05, 4.69) is 15.5 Å². The van der Waals surface area contributed by atoms with Gasteiger partial charge in [-0.3, -0.25) is 14.7 Å². The number of Topliss-reactive ketones (excluding diaryl/α,β-unsaturated/α-hetero) is 1. The van der Waals surface area contributed by atoms with Gasteiger partial charge in [0.05, 0.1) is 11.7 Å². The summed E-state index contributed by atoms with van der Waals surface area (Å²) in [6, 6.07) is 12.9. The molecule has 23 heavy (non-hydrogen) atoms. The standard InChI is InChI=1S/C18H17N3O2/c1-12-2-4-13(5-3-12)17(22)8-9-18(23)20-15-7-6-14-11-19-21-16(14)10-15/h2-7,10-11H,8-9H2,1H3,(H,19,21)(H,20,23). The highest BCUT2D eigenvalue weighted by Crippen LogP contribution is 2.17. The number of hydrogen-bond donors (Lipinski definition) is 2. The van der Waals surface area contributed by atoms with Gasteiger partial charge in [-0.15, -0.1) is 0 Å². The Kier molecular flexibility index (Phi) is 4.19. The van der Waals surface area contributed by atoms with Gasteiger partial charge in [-0.1, -0.05) is 29.8 Å². The van der Waals surface area contributed by atoms with Crippen molar-refractivity contribution in [2.45, 2.75) is 19.8 Å². The van der Waals surface area contributed by atoms with Crippen molar-refractivity contribution in [3.8, 4) is 0 Å².